The molecule has 0 aliphatic heterocycles. The van der Waals surface area contributed by atoms with Crippen molar-refractivity contribution in [3.8, 4) is 0 Å². The van der Waals surface area contributed by atoms with Gasteiger partial charge in [-0.3, -0.25) is 0 Å². The van der Waals surface area contributed by atoms with Gasteiger partial charge in [0, 0.05) is 11.5 Å². The van der Waals surface area contributed by atoms with Gasteiger partial charge in [-0.05, 0) is 43.4 Å². The Morgan fingerprint density at radius 1 is 1.39 bits per heavy atom. The van der Waals surface area contributed by atoms with Gasteiger partial charge < -0.3 is 9.73 Å². The highest BCUT2D eigenvalue weighted by Crippen LogP contribution is 2.42. The highest BCUT2D eigenvalue weighted by molar-refractivity contribution is 5.15. The molecule has 1 N–H and O–H groups in total. The normalized spacial score (nSPS) is 29.4. The van der Waals surface area contributed by atoms with Crippen LogP contribution in [0.25, 0.3) is 0 Å². The second kappa shape index (κ2) is 5.48. The van der Waals surface area contributed by atoms with Crippen molar-refractivity contribution in [3.05, 3.63) is 24.2 Å². The molecule has 1 aliphatic carbocycles. The van der Waals surface area contributed by atoms with Gasteiger partial charge in [-0.2, -0.15) is 0 Å². The summed E-state index contributed by atoms with van der Waals surface area (Å²) in [7, 11) is 0. The molecule has 2 rings (SSSR count). The quantitative estimate of drug-likeness (QED) is 0.873. The minimum absolute atomic E-state index is 0.122. The maximum Gasteiger partial charge on any atom is 0.109 e. The molecule has 0 aromatic carbocycles. The first-order chi connectivity index (χ1) is 8.55. The van der Waals surface area contributed by atoms with Crippen molar-refractivity contribution in [1.82, 2.24) is 5.32 Å². The molecule has 102 valence electrons. The molecule has 0 radical (unpaired) electrons. The van der Waals surface area contributed by atoms with E-state index >= 15 is 0 Å². The van der Waals surface area contributed by atoms with Crippen molar-refractivity contribution in [2.45, 2.75) is 58.4 Å². The smallest absolute Gasteiger partial charge is 0.109 e. The monoisotopic (exact) mass is 249 g/mol. The van der Waals surface area contributed by atoms with Gasteiger partial charge in [-0.15, -0.1) is 0 Å². The topological polar surface area (TPSA) is 25.2 Å². The number of nitrogens with one attached hydrogen (secondary N) is 1. The van der Waals surface area contributed by atoms with E-state index in [1.54, 1.807) is 6.26 Å². The second-order valence-electron chi connectivity index (χ2n) is 6.39. The maximum absolute atomic E-state index is 5.68. The average Bonchev–Trinajstić information content (AvgIpc) is 2.83. The van der Waals surface area contributed by atoms with Crippen LogP contribution in [0.2, 0.25) is 0 Å². The van der Waals surface area contributed by atoms with Crippen molar-refractivity contribution in [3.63, 3.8) is 0 Å². The third-order valence-corrected chi connectivity index (χ3v) is 4.66. The van der Waals surface area contributed by atoms with Crippen LogP contribution in [0.15, 0.2) is 22.8 Å². The Morgan fingerprint density at radius 3 is 2.78 bits per heavy atom. The number of rotatable bonds is 4. The molecular weight excluding hydrogens is 222 g/mol. The fraction of sp³-hybridized carbons (Fsp3) is 0.750. The summed E-state index contributed by atoms with van der Waals surface area (Å²) in [6.45, 7) is 10.3. The summed E-state index contributed by atoms with van der Waals surface area (Å²) in [6.07, 6.45) is 5.73. The molecule has 1 aliphatic rings. The Morgan fingerprint density at radius 2 is 2.17 bits per heavy atom. The van der Waals surface area contributed by atoms with Crippen LogP contribution < -0.4 is 5.32 Å². The van der Waals surface area contributed by atoms with Crippen LogP contribution in [0.4, 0.5) is 0 Å². The Labute approximate surface area is 111 Å². The van der Waals surface area contributed by atoms with Crippen molar-refractivity contribution < 1.29 is 4.42 Å². The lowest BCUT2D eigenvalue weighted by Gasteiger charge is -2.43. The average molecular weight is 249 g/mol. The Hall–Kier alpha value is -0.760. The molecule has 2 heteroatoms. The Kier molecular flexibility index (Phi) is 4.16. The molecule has 0 spiro atoms. The molecular formula is C16H27NO. The van der Waals surface area contributed by atoms with E-state index in [2.05, 4.69) is 39.1 Å². The summed E-state index contributed by atoms with van der Waals surface area (Å²) in [5.74, 6) is 2.64. The summed E-state index contributed by atoms with van der Waals surface area (Å²) in [5, 5.41) is 3.69. The summed E-state index contributed by atoms with van der Waals surface area (Å²) in [4.78, 5) is 0. The van der Waals surface area contributed by atoms with Crippen LogP contribution in [-0.2, 0) is 5.41 Å². The minimum Gasteiger partial charge on any atom is -0.469 e. The lowest BCUT2D eigenvalue weighted by atomic mass is 9.65. The van der Waals surface area contributed by atoms with Crippen molar-refractivity contribution in [1.29, 1.82) is 0 Å². The van der Waals surface area contributed by atoms with E-state index in [9.17, 15) is 0 Å². The van der Waals surface area contributed by atoms with Crippen molar-refractivity contribution >= 4 is 0 Å². The van der Waals surface area contributed by atoms with E-state index in [-0.39, 0.29) is 5.41 Å². The van der Waals surface area contributed by atoms with Gasteiger partial charge in [-0.1, -0.05) is 34.1 Å². The standard InChI is InChI=1S/C16H27NO/c1-5-17-14-11-12(2)8-9-13(14)16(3,4)15-7-6-10-18-15/h6-7,10,12-14,17H,5,8-9,11H2,1-4H3. The lowest BCUT2D eigenvalue weighted by Crippen LogP contribution is -2.48. The SMILES string of the molecule is CCNC1CC(C)CCC1C(C)(C)c1ccco1. The van der Waals surface area contributed by atoms with Crippen LogP contribution in [0.3, 0.4) is 0 Å². The zero-order chi connectivity index (χ0) is 13.2. The molecule has 0 amide bonds. The van der Waals surface area contributed by atoms with Gasteiger partial charge in [0.25, 0.3) is 0 Å². The molecule has 0 bridgehead atoms. The molecule has 1 aromatic rings. The third kappa shape index (κ3) is 2.64. The second-order valence-corrected chi connectivity index (χ2v) is 6.39. The predicted octanol–water partition coefficient (Wildman–Crippen LogP) is 3.97. The molecule has 1 saturated carbocycles. The number of hydrogen-bond acceptors (Lipinski definition) is 2. The lowest BCUT2D eigenvalue weighted by molar-refractivity contribution is 0.132. The zero-order valence-electron chi connectivity index (χ0n) is 12.2. The van der Waals surface area contributed by atoms with Gasteiger partial charge in [0.2, 0.25) is 0 Å². The van der Waals surface area contributed by atoms with E-state index < -0.39 is 0 Å². The predicted molar refractivity (Wildman–Crippen MR) is 75.7 cm³/mol. The third-order valence-electron chi connectivity index (χ3n) is 4.66. The summed E-state index contributed by atoms with van der Waals surface area (Å²) < 4.78 is 5.68. The molecule has 1 fully saturated rings. The van der Waals surface area contributed by atoms with Crippen LogP contribution in [0.5, 0.6) is 0 Å². The van der Waals surface area contributed by atoms with E-state index in [1.165, 1.54) is 19.3 Å². The van der Waals surface area contributed by atoms with Gasteiger partial charge in [-0.25, -0.2) is 0 Å². The first-order valence-electron chi connectivity index (χ1n) is 7.33. The largest absolute Gasteiger partial charge is 0.469 e. The van der Waals surface area contributed by atoms with Crippen LogP contribution in [0.1, 0.15) is 52.7 Å². The summed E-state index contributed by atoms with van der Waals surface area (Å²) >= 11 is 0. The van der Waals surface area contributed by atoms with Crippen molar-refractivity contribution in [2.24, 2.45) is 11.8 Å². The maximum atomic E-state index is 5.68. The first kappa shape index (κ1) is 13.7. The zero-order valence-corrected chi connectivity index (χ0v) is 12.2. The fourth-order valence-electron chi connectivity index (χ4n) is 3.56. The molecule has 0 saturated heterocycles. The van der Waals surface area contributed by atoms with E-state index in [0.717, 1.165) is 18.2 Å². The van der Waals surface area contributed by atoms with Crippen molar-refractivity contribution in [2.75, 3.05) is 6.54 Å². The molecule has 3 atom stereocenters. The van der Waals surface area contributed by atoms with Gasteiger partial charge in [0.15, 0.2) is 0 Å². The molecule has 2 nitrogen and oxygen atoms in total. The number of hydrogen-bond donors (Lipinski definition) is 1. The van der Waals surface area contributed by atoms with E-state index in [4.69, 9.17) is 4.42 Å². The molecule has 1 heterocycles. The fourth-order valence-corrected chi connectivity index (χ4v) is 3.56. The Bertz CT molecular complexity index is 355. The highest BCUT2D eigenvalue weighted by Gasteiger charge is 2.41. The summed E-state index contributed by atoms with van der Waals surface area (Å²) in [5.41, 5.74) is 0.122. The van der Waals surface area contributed by atoms with Gasteiger partial charge >= 0.3 is 0 Å². The van der Waals surface area contributed by atoms with E-state index in [0.29, 0.717) is 12.0 Å². The van der Waals surface area contributed by atoms with Crippen LogP contribution in [-0.4, -0.2) is 12.6 Å². The number of furan rings is 1. The van der Waals surface area contributed by atoms with Gasteiger partial charge in [0.05, 0.1) is 6.26 Å². The summed E-state index contributed by atoms with van der Waals surface area (Å²) in [6, 6.07) is 4.75. The highest BCUT2D eigenvalue weighted by atomic mass is 16.3. The minimum atomic E-state index is 0.122. The van der Waals surface area contributed by atoms with Crippen LogP contribution >= 0.6 is 0 Å². The van der Waals surface area contributed by atoms with Gasteiger partial charge in [0.1, 0.15) is 5.76 Å². The Balaban J connectivity index is 2.18. The molecule has 18 heavy (non-hydrogen) atoms. The molecule has 1 aromatic heterocycles. The first-order valence-corrected chi connectivity index (χ1v) is 7.33. The molecule has 3 unspecified atom stereocenters. The van der Waals surface area contributed by atoms with Crippen LogP contribution in [0, 0.1) is 11.8 Å². The van der Waals surface area contributed by atoms with E-state index in [1.807, 2.05) is 6.07 Å².